The first-order chi connectivity index (χ1) is 16.1. The van der Waals surface area contributed by atoms with Crippen molar-refractivity contribution in [1.29, 1.82) is 0 Å². The Morgan fingerprint density at radius 3 is 2.56 bits per heavy atom. The summed E-state index contributed by atoms with van der Waals surface area (Å²) in [5.74, 6) is 0.0311. The standard InChI is InChI=1S/C24H23ClF3NO4S/c1-34(31)16-7-9-29(10-8-16)11-12-32-21-13-15(24(26,27)28)5-6-18(21)22-14-20(30)17-3-2-4-19(25)23(17)33-22/h2-6,13-14,34H,7-12H2,1H3. The van der Waals surface area contributed by atoms with Crippen molar-refractivity contribution >= 4 is 37.8 Å². The topological polar surface area (TPSA) is 59.8 Å². The number of ether oxygens (including phenoxy) is 1. The van der Waals surface area contributed by atoms with E-state index >= 15 is 0 Å². The minimum absolute atomic E-state index is 0.0368. The molecule has 1 unspecified atom stereocenters. The van der Waals surface area contributed by atoms with E-state index in [-0.39, 0.29) is 45.1 Å². The van der Waals surface area contributed by atoms with Gasteiger partial charge in [0, 0.05) is 32.0 Å². The third-order valence-electron chi connectivity index (χ3n) is 5.82. The van der Waals surface area contributed by atoms with Gasteiger partial charge in [-0.05, 0) is 58.4 Å². The highest BCUT2D eigenvalue weighted by atomic mass is 35.5. The molecule has 0 aliphatic carbocycles. The second-order valence-electron chi connectivity index (χ2n) is 8.05. The van der Waals surface area contributed by atoms with Gasteiger partial charge < -0.3 is 9.15 Å². The summed E-state index contributed by atoms with van der Waals surface area (Å²) in [7, 11) is -1.29. The molecular formula is C24H23ClF3NO4S. The van der Waals surface area contributed by atoms with Crippen molar-refractivity contribution in [2.75, 3.05) is 32.5 Å². The fourth-order valence-corrected chi connectivity index (χ4v) is 4.97. The quantitative estimate of drug-likeness (QED) is 0.389. The van der Waals surface area contributed by atoms with Gasteiger partial charge in [0.1, 0.15) is 18.1 Å². The molecule has 1 saturated heterocycles. The zero-order chi connectivity index (χ0) is 24.5. The molecule has 10 heteroatoms. The van der Waals surface area contributed by atoms with Crippen LogP contribution in [-0.2, 0) is 16.6 Å². The first-order valence-corrected chi connectivity index (χ1v) is 12.8. The number of halogens is 4. The number of benzene rings is 2. The van der Waals surface area contributed by atoms with Crippen LogP contribution in [0.4, 0.5) is 13.2 Å². The molecule has 0 saturated carbocycles. The van der Waals surface area contributed by atoms with Crippen molar-refractivity contribution in [2.45, 2.75) is 19.0 Å². The lowest BCUT2D eigenvalue weighted by atomic mass is 10.1. The maximum atomic E-state index is 13.4. The minimum Gasteiger partial charge on any atom is -0.491 e. The molecule has 5 nitrogen and oxygen atoms in total. The van der Waals surface area contributed by atoms with Gasteiger partial charge in [0.25, 0.3) is 0 Å². The fraction of sp³-hybridized carbons (Fsp3) is 0.333. The summed E-state index contributed by atoms with van der Waals surface area (Å²) < 4.78 is 63.3. The lowest BCUT2D eigenvalue weighted by molar-refractivity contribution is -0.137. The number of para-hydroxylation sites is 1. The number of likely N-dealkylation sites (tertiary alicyclic amines) is 1. The maximum Gasteiger partial charge on any atom is 0.416 e. The smallest absolute Gasteiger partial charge is 0.416 e. The number of hydrogen-bond acceptors (Lipinski definition) is 5. The molecular weight excluding hydrogens is 491 g/mol. The van der Waals surface area contributed by atoms with Gasteiger partial charge in [-0.15, -0.1) is 0 Å². The van der Waals surface area contributed by atoms with Gasteiger partial charge in [-0.25, -0.2) is 0 Å². The molecule has 1 aliphatic heterocycles. The highest BCUT2D eigenvalue weighted by molar-refractivity contribution is 7.84. The summed E-state index contributed by atoms with van der Waals surface area (Å²) in [4.78, 5) is 15.8. The van der Waals surface area contributed by atoms with Crippen molar-refractivity contribution in [2.24, 2.45) is 0 Å². The van der Waals surface area contributed by atoms with Gasteiger partial charge in [0.05, 0.1) is 21.5 Å². The van der Waals surface area contributed by atoms with Crippen LogP contribution >= 0.6 is 11.6 Å². The Labute approximate surface area is 201 Å². The van der Waals surface area contributed by atoms with E-state index in [1.807, 2.05) is 0 Å². The predicted molar refractivity (Wildman–Crippen MR) is 130 cm³/mol. The lowest BCUT2D eigenvalue weighted by Crippen LogP contribution is -2.37. The fourth-order valence-electron chi connectivity index (χ4n) is 3.93. The predicted octanol–water partition coefficient (Wildman–Crippen LogP) is 4.89. The summed E-state index contributed by atoms with van der Waals surface area (Å²) in [5, 5.41) is 0.502. The molecule has 182 valence electrons. The minimum atomic E-state index is -4.56. The number of hydrogen-bond donors (Lipinski definition) is 1. The highest BCUT2D eigenvalue weighted by Gasteiger charge is 2.32. The maximum absolute atomic E-state index is 13.4. The van der Waals surface area contributed by atoms with Crippen LogP contribution in [-0.4, -0.2) is 46.5 Å². The molecule has 2 aromatic carbocycles. The van der Waals surface area contributed by atoms with Gasteiger partial charge in [-0.3, -0.25) is 13.9 Å². The average molecular weight is 514 g/mol. The second kappa shape index (κ2) is 10.0. The zero-order valence-corrected chi connectivity index (χ0v) is 20.0. The summed E-state index contributed by atoms with van der Waals surface area (Å²) >= 11 is 6.17. The Kier molecular flexibility index (Phi) is 7.25. The van der Waals surface area contributed by atoms with E-state index < -0.39 is 22.1 Å². The summed E-state index contributed by atoms with van der Waals surface area (Å²) in [6.07, 6.45) is -1.37. The van der Waals surface area contributed by atoms with E-state index in [0.29, 0.717) is 6.54 Å². The molecule has 1 aliphatic rings. The summed E-state index contributed by atoms with van der Waals surface area (Å²) in [6.45, 7) is 2.08. The van der Waals surface area contributed by atoms with Crippen LogP contribution in [0.5, 0.6) is 5.75 Å². The van der Waals surface area contributed by atoms with Crippen LogP contribution in [0, 0.1) is 0 Å². The highest BCUT2D eigenvalue weighted by Crippen LogP contribution is 2.38. The number of nitrogens with zero attached hydrogens (tertiary/aromatic N) is 1. The summed E-state index contributed by atoms with van der Waals surface area (Å²) in [5.41, 5.74) is -0.841. The van der Waals surface area contributed by atoms with Gasteiger partial charge in [-0.1, -0.05) is 17.7 Å². The molecule has 4 rings (SSSR count). The van der Waals surface area contributed by atoms with Crippen LogP contribution in [0.15, 0.2) is 51.7 Å². The van der Waals surface area contributed by atoms with E-state index in [1.165, 1.54) is 12.1 Å². The van der Waals surface area contributed by atoms with Crippen LogP contribution in [0.2, 0.25) is 5.02 Å². The normalized spacial score (nSPS) is 16.1. The molecule has 0 N–H and O–H groups in total. The molecule has 34 heavy (non-hydrogen) atoms. The molecule has 3 aromatic rings. The van der Waals surface area contributed by atoms with Gasteiger partial charge in [0.15, 0.2) is 11.0 Å². The molecule has 0 spiro atoms. The lowest BCUT2D eigenvalue weighted by Gasteiger charge is -2.28. The zero-order valence-electron chi connectivity index (χ0n) is 18.3. The summed E-state index contributed by atoms with van der Waals surface area (Å²) in [6, 6.07) is 9.05. The van der Waals surface area contributed by atoms with Crippen LogP contribution < -0.4 is 10.2 Å². The average Bonchev–Trinajstić information content (AvgIpc) is 2.79. The van der Waals surface area contributed by atoms with Crippen LogP contribution in [0.1, 0.15) is 18.4 Å². The Balaban J connectivity index is 1.62. The van der Waals surface area contributed by atoms with Crippen molar-refractivity contribution < 1.29 is 26.5 Å². The largest absolute Gasteiger partial charge is 0.491 e. The van der Waals surface area contributed by atoms with Crippen molar-refractivity contribution in [3.63, 3.8) is 0 Å². The number of alkyl halides is 3. The van der Waals surface area contributed by atoms with E-state index in [2.05, 4.69) is 4.90 Å². The van der Waals surface area contributed by atoms with Gasteiger partial charge in [-0.2, -0.15) is 13.2 Å². The monoisotopic (exact) mass is 513 g/mol. The van der Waals surface area contributed by atoms with E-state index in [4.69, 9.17) is 20.8 Å². The third-order valence-corrected chi connectivity index (χ3v) is 7.46. The van der Waals surface area contributed by atoms with Crippen molar-refractivity contribution in [3.05, 3.63) is 63.3 Å². The number of thiol groups is 1. The van der Waals surface area contributed by atoms with E-state index in [9.17, 15) is 22.2 Å². The number of piperidine rings is 1. The molecule has 1 atom stereocenters. The Bertz CT molecular complexity index is 1350. The molecule has 1 fully saturated rings. The second-order valence-corrected chi connectivity index (χ2v) is 10.1. The van der Waals surface area contributed by atoms with Crippen molar-refractivity contribution in [1.82, 2.24) is 4.90 Å². The van der Waals surface area contributed by atoms with E-state index in [0.717, 1.165) is 42.9 Å². The first-order valence-electron chi connectivity index (χ1n) is 10.7. The Hall–Kier alpha value is -2.49. The van der Waals surface area contributed by atoms with Crippen LogP contribution in [0.3, 0.4) is 0 Å². The van der Waals surface area contributed by atoms with Crippen molar-refractivity contribution in [3.8, 4) is 17.1 Å². The molecule has 0 amide bonds. The Morgan fingerprint density at radius 2 is 1.88 bits per heavy atom. The van der Waals surface area contributed by atoms with Crippen LogP contribution in [0.25, 0.3) is 22.3 Å². The Morgan fingerprint density at radius 1 is 1.15 bits per heavy atom. The molecule has 2 heterocycles. The molecule has 0 radical (unpaired) electrons. The van der Waals surface area contributed by atoms with E-state index in [1.54, 1.807) is 24.5 Å². The molecule has 0 bridgehead atoms. The SMILES string of the molecule is C[SH](=O)=C1CCN(CCOc2cc(C(F)(F)F)ccc2-c2cc(=O)c3cccc(Cl)c3o2)CC1. The molecule has 1 aromatic heterocycles. The first kappa shape index (κ1) is 24.6. The number of fused-ring (bicyclic) bond motifs is 1. The third kappa shape index (κ3) is 5.42. The van der Waals surface area contributed by atoms with Gasteiger partial charge in [0.2, 0.25) is 0 Å². The van der Waals surface area contributed by atoms with Gasteiger partial charge >= 0.3 is 6.18 Å². The number of rotatable bonds is 5.